The van der Waals surface area contributed by atoms with Gasteiger partial charge in [-0.1, -0.05) is 6.07 Å². The second-order valence-corrected chi connectivity index (χ2v) is 7.44. The van der Waals surface area contributed by atoms with Crippen LogP contribution < -0.4 is 10.6 Å². The molecule has 1 aromatic carbocycles. The first-order chi connectivity index (χ1) is 14.3. The van der Waals surface area contributed by atoms with Crippen molar-refractivity contribution < 1.29 is 22.4 Å². The zero-order chi connectivity index (χ0) is 21.3. The molecule has 2 aromatic heterocycles. The van der Waals surface area contributed by atoms with Crippen molar-refractivity contribution in [3.8, 4) is 0 Å². The van der Waals surface area contributed by atoms with Crippen LogP contribution in [0.5, 0.6) is 0 Å². The lowest BCUT2D eigenvalue weighted by atomic mass is 9.91. The number of halogens is 4. The Labute approximate surface area is 170 Å². The largest absolute Gasteiger partial charge is 0.434 e. The number of nitrogens with zero attached hydrogens (tertiary/aromatic N) is 2. The van der Waals surface area contributed by atoms with Crippen LogP contribution in [-0.4, -0.2) is 27.4 Å². The van der Waals surface area contributed by atoms with Crippen molar-refractivity contribution in [2.45, 2.75) is 43.9 Å². The molecule has 3 aromatic rings. The smallest absolute Gasteiger partial charge is 0.368 e. The van der Waals surface area contributed by atoms with Crippen molar-refractivity contribution in [3.63, 3.8) is 0 Å². The van der Waals surface area contributed by atoms with Gasteiger partial charge in [-0.15, -0.1) is 0 Å². The van der Waals surface area contributed by atoms with E-state index in [9.17, 15) is 22.4 Å². The van der Waals surface area contributed by atoms with E-state index in [-0.39, 0.29) is 23.6 Å². The third-order valence-corrected chi connectivity index (χ3v) is 5.30. The number of imidazole rings is 1. The molecule has 30 heavy (non-hydrogen) atoms. The number of anilines is 1. The number of amides is 1. The van der Waals surface area contributed by atoms with Crippen LogP contribution in [0.25, 0.3) is 5.65 Å². The van der Waals surface area contributed by atoms with E-state index in [1.807, 2.05) is 0 Å². The van der Waals surface area contributed by atoms with Crippen LogP contribution >= 0.6 is 0 Å². The second kappa shape index (κ2) is 7.97. The van der Waals surface area contributed by atoms with Crippen LogP contribution in [0, 0.1) is 5.82 Å². The van der Waals surface area contributed by atoms with E-state index < -0.39 is 17.7 Å². The molecule has 0 saturated heterocycles. The summed E-state index contributed by atoms with van der Waals surface area (Å²) in [5.74, 6) is -0.0861. The molecule has 1 fully saturated rings. The van der Waals surface area contributed by atoms with Gasteiger partial charge in [0.25, 0.3) is 5.91 Å². The third kappa shape index (κ3) is 4.39. The van der Waals surface area contributed by atoms with Crippen molar-refractivity contribution >= 4 is 17.4 Å². The maximum Gasteiger partial charge on any atom is 0.434 e. The van der Waals surface area contributed by atoms with E-state index >= 15 is 0 Å². The number of fused-ring (bicyclic) bond motifs is 1. The molecule has 0 spiro atoms. The molecule has 1 aliphatic rings. The van der Waals surface area contributed by atoms with Gasteiger partial charge >= 0.3 is 6.18 Å². The van der Waals surface area contributed by atoms with Crippen LogP contribution in [0.2, 0.25) is 0 Å². The number of nitrogens with one attached hydrogen (secondary N) is 2. The summed E-state index contributed by atoms with van der Waals surface area (Å²) in [5, 5.41) is 6.26. The highest BCUT2D eigenvalue weighted by Crippen LogP contribution is 2.30. The SMILES string of the molecule is O=C(N[C@H]1CC[C@@H](Nc2cccc3nc(C(F)(F)F)cn23)CC1)c1ccc(F)cc1. The van der Waals surface area contributed by atoms with E-state index in [4.69, 9.17) is 0 Å². The summed E-state index contributed by atoms with van der Waals surface area (Å²) in [4.78, 5) is 15.9. The van der Waals surface area contributed by atoms with Gasteiger partial charge in [0, 0.05) is 23.8 Å². The van der Waals surface area contributed by atoms with Crippen molar-refractivity contribution in [1.29, 1.82) is 0 Å². The number of benzene rings is 1. The molecule has 0 atom stereocenters. The molecular weight excluding hydrogens is 400 g/mol. The predicted molar refractivity (Wildman–Crippen MR) is 104 cm³/mol. The van der Waals surface area contributed by atoms with Crippen molar-refractivity contribution in [2.24, 2.45) is 0 Å². The number of rotatable bonds is 4. The van der Waals surface area contributed by atoms with Gasteiger partial charge in [0.05, 0.1) is 0 Å². The molecule has 158 valence electrons. The van der Waals surface area contributed by atoms with Crippen molar-refractivity contribution in [3.05, 3.63) is 65.7 Å². The number of aromatic nitrogens is 2. The molecule has 1 amide bonds. The van der Waals surface area contributed by atoms with Crippen LogP contribution in [0.1, 0.15) is 41.7 Å². The molecule has 0 bridgehead atoms. The first-order valence-corrected chi connectivity index (χ1v) is 9.68. The Morgan fingerprint density at radius 2 is 1.67 bits per heavy atom. The topological polar surface area (TPSA) is 58.4 Å². The van der Waals surface area contributed by atoms with E-state index in [1.54, 1.807) is 12.1 Å². The monoisotopic (exact) mass is 420 g/mol. The minimum absolute atomic E-state index is 0.00136. The van der Waals surface area contributed by atoms with E-state index in [0.29, 0.717) is 11.4 Å². The molecule has 1 saturated carbocycles. The van der Waals surface area contributed by atoms with E-state index in [1.165, 1.54) is 34.7 Å². The third-order valence-electron chi connectivity index (χ3n) is 5.30. The Kier molecular flexibility index (Phi) is 5.36. The Hall–Kier alpha value is -3.10. The number of hydrogen-bond acceptors (Lipinski definition) is 3. The lowest BCUT2D eigenvalue weighted by Gasteiger charge is -2.30. The Morgan fingerprint density at radius 1 is 1.00 bits per heavy atom. The molecule has 2 heterocycles. The molecule has 0 unspecified atom stereocenters. The minimum Gasteiger partial charge on any atom is -0.368 e. The van der Waals surface area contributed by atoms with Gasteiger partial charge in [-0.25, -0.2) is 9.37 Å². The lowest BCUT2D eigenvalue weighted by molar-refractivity contribution is -0.140. The van der Waals surface area contributed by atoms with Gasteiger partial charge in [0.1, 0.15) is 17.3 Å². The summed E-state index contributed by atoms with van der Waals surface area (Å²) in [7, 11) is 0. The summed E-state index contributed by atoms with van der Waals surface area (Å²) in [6, 6.07) is 10.4. The van der Waals surface area contributed by atoms with Crippen LogP contribution in [-0.2, 0) is 6.18 Å². The number of alkyl halides is 3. The first-order valence-electron chi connectivity index (χ1n) is 9.68. The van der Waals surface area contributed by atoms with Gasteiger partial charge in [0.2, 0.25) is 0 Å². The van der Waals surface area contributed by atoms with Gasteiger partial charge < -0.3 is 10.6 Å². The summed E-state index contributed by atoms with van der Waals surface area (Å²) in [6.07, 6.45) is -0.524. The van der Waals surface area contributed by atoms with Gasteiger partial charge in [-0.2, -0.15) is 13.2 Å². The molecule has 0 aliphatic heterocycles. The number of carbonyl (C=O) groups excluding carboxylic acids is 1. The molecule has 0 radical (unpaired) electrons. The molecule has 9 heteroatoms. The van der Waals surface area contributed by atoms with Crippen LogP contribution in [0.15, 0.2) is 48.7 Å². The van der Waals surface area contributed by atoms with Crippen LogP contribution in [0.3, 0.4) is 0 Å². The highest BCUT2D eigenvalue weighted by molar-refractivity contribution is 5.94. The zero-order valence-electron chi connectivity index (χ0n) is 15.9. The standard InChI is InChI=1S/C21H20F4N4O/c22-14-6-4-13(5-7-14)20(30)27-16-10-8-15(9-11-16)26-18-2-1-3-19-28-17(12-29(18)19)21(23,24)25/h1-7,12,15-16,26H,8-11H2,(H,27,30)/t15-,16+. The Balaban J connectivity index is 1.36. The Morgan fingerprint density at radius 3 is 2.33 bits per heavy atom. The lowest BCUT2D eigenvalue weighted by Crippen LogP contribution is -2.40. The summed E-state index contributed by atoms with van der Waals surface area (Å²) in [6.45, 7) is 0. The average molecular weight is 420 g/mol. The van der Waals surface area contributed by atoms with Gasteiger partial charge in [-0.3, -0.25) is 9.20 Å². The van der Waals surface area contributed by atoms with Gasteiger partial charge in [-0.05, 0) is 62.1 Å². The number of pyridine rings is 1. The highest BCUT2D eigenvalue weighted by Gasteiger charge is 2.34. The molecule has 2 N–H and O–H groups in total. The maximum atomic E-state index is 13.0. The number of carbonyl (C=O) groups is 1. The van der Waals surface area contributed by atoms with Crippen molar-refractivity contribution in [1.82, 2.24) is 14.7 Å². The quantitative estimate of drug-likeness (QED) is 0.605. The number of hydrogen-bond donors (Lipinski definition) is 2. The molecule has 5 nitrogen and oxygen atoms in total. The average Bonchev–Trinajstić information content (AvgIpc) is 3.16. The normalized spacial score (nSPS) is 19.6. The van der Waals surface area contributed by atoms with E-state index in [0.717, 1.165) is 31.9 Å². The van der Waals surface area contributed by atoms with Crippen LogP contribution in [0.4, 0.5) is 23.4 Å². The predicted octanol–water partition coefficient (Wildman–Crippen LogP) is 4.65. The Bertz CT molecular complexity index is 1040. The van der Waals surface area contributed by atoms with Crippen molar-refractivity contribution in [2.75, 3.05) is 5.32 Å². The summed E-state index contributed by atoms with van der Waals surface area (Å²) in [5.41, 5.74) is -0.291. The fraction of sp³-hybridized carbons (Fsp3) is 0.333. The maximum absolute atomic E-state index is 13.0. The highest BCUT2D eigenvalue weighted by atomic mass is 19.4. The minimum atomic E-state index is -4.50. The fourth-order valence-corrected chi connectivity index (χ4v) is 3.73. The molecule has 4 rings (SSSR count). The molecule has 1 aliphatic carbocycles. The summed E-state index contributed by atoms with van der Waals surface area (Å²) < 4.78 is 53.3. The second-order valence-electron chi connectivity index (χ2n) is 7.44. The van der Waals surface area contributed by atoms with Gasteiger partial charge in [0.15, 0.2) is 5.69 Å². The molecular formula is C21H20F4N4O. The van der Waals surface area contributed by atoms with E-state index in [2.05, 4.69) is 15.6 Å². The fourth-order valence-electron chi connectivity index (χ4n) is 3.73. The summed E-state index contributed by atoms with van der Waals surface area (Å²) >= 11 is 0. The first kappa shape index (κ1) is 20.2. The zero-order valence-corrected chi connectivity index (χ0v) is 15.9.